The van der Waals surface area contributed by atoms with Gasteiger partial charge in [0.05, 0.1) is 6.61 Å². The van der Waals surface area contributed by atoms with E-state index in [1.165, 1.54) is 44.1 Å². The molecule has 1 aromatic carbocycles. The van der Waals surface area contributed by atoms with Crippen molar-refractivity contribution in [2.45, 2.75) is 78.1 Å². The summed E-state index contributed by atoms with van der Waals surface area (Å²) in [5, 5.41) is 0. The van der Waals surface area contributed by atoms with Crippen LogP contribution in [0, 0.1) is 11.8 Å². The highest BCUT2D eigenvalue weighted by molar-refractivity contribution is 5.29. The lowest BCUT2D eigenvalue weighted by molar-refractivity contribution is 0.0823. The van der Waals surface area contributed by atoms with Gasteiger partial charge in [-0.25, -0.2) is 0 Å². The predicted molar refractivity (Wildman–Crippen MR) is 100 cm³/mol. The van der Waals surface area contributed by atoms with Gasteiger partial charge in [-0.15, -0.1) is 0 Å². The van der Waals surface area contributed by atoms with E-state index in [0.29, 0.717) is 17.8 Å². The lowest BCUT2D eigenvalue weighted by Crippen LogP contribution is -2.17. The standard InChI is InChI=1S/C22H36O/c1-5-18(4)15-23-16-22(17(2)3)21-13-9-12-20(14-21)19-10-7-6-8-11-19/h9,12-14,17-19,22H,5-8,10-11,15-16H2,1-4H3. The maximum Gasteiger partial charge on any atom is 0.0537 e. The Balaban J connectivity index is 2.03. The summed E-state index contributed by atoms with van der Waals surface area (Å²) in [6, 6.07) is 9.40. The second kappa shape index (κ2) is 9.47. The van der Waals surface area contributed by atoms with E-state index in [2.05, 4.69) is 52.0 Å². The minimum atomic E-state index is 0.516. The van der Waals surface area contributed by atoms with Gasteiger partial charge >= 0.3 is 0 Å². The van der Waals surface area contributed by atoms with E-state index in [1.807, 2.05) is 0 Å². The molecule has 2 rings (SSSR count). The van der Waals surface area contributed by atoms with Crippen LogP contribution in [0.4, 0.5) is 0 Å². The molecule has 2 atom stereocenters. The quantitative estimate of drug-likeness (QED) is 0.529. The largest absolute Gasteiger partial charge is 0.381 e. The van der Waals surface area contributed by atoms with Crippen LogP contribution in [0.1, 0.15) is 89.2 Å². The van der Waals surface area contributed by atoms with Crippen molar-refractivity contribution in [2.75, 3.05) is 13.2 Å². The van der Waals surface area contributed by atoms with Crippen molar-refractivity contribution in [1.82, 2.24) is 0 Å². The van der Waals surface area contributed by atoms with E-state index in [0.717, 1.165) is 19.1 Å². The molecule has 1 saturated carbocycles. The molecular formula is C22H36O. The first-order chi connectivity index (χ1) is 11.1. The Morgan fingerprint density at radius 1 is 1.04 bits per heavy atom. The summed E-state index contributed by atoms with van der Waals surface area (Å²) in [5.74, 6) is 2.59. The van der Waals surface area contributed by atoms with Crippen LogP contribution in [0.25, 0.3) is 0 Å². The third-order valence-corrected chi connectivity index (χ3v) is 5.62. The van der Waals surface area contributed by atoms with Gasteiger partial charge in [0.25, 0.3) is 0 Å². The van der Waals surface area contributed by atoms with Crippen molar-refractivity contribution >= 4 is 0 Å². The smallest absolute Gasteiger partial charge is 0.0537 e. The van der Waals surface area contributed by atoms with Gasteiger partial charge < -0.3 is 4.74 Å². The molecule has 1 aliphatic carbocycles. The second-order valence-corrected chi connectivity index (χ2v) is 7.91. The van der Waals surface area contributed by atoms with E-state index < -0.39 is 0 Å². The van der Waals surface area contributed by atoms with Crippen LogP contribution in [0.3, 0.4) is 0 Å². The zero-order valence-corrected chi connectivity index (χ0v) is 15.7. The Labute approximate surface area is 143 Å². The Morgan fingerprint density at radius 3 is 2.43 bits per heavy atom. The van der Waals surface area contributed by atoms with Gasteiger partial charge in [-0.1, -0.05) is 77.6 Å². The molecule has 0 heterocycles. The van der Waals surface area contributed by atoms with Gasteiger partial charge in [0.2, 0.25) is 0 Å². The summed E-state index contributed by atoms with van der Waals surface area (Å²) >= 11 is 0. The van der Waals surface area contributed by atoms with E-state index in [1.54, 1.807) is 5.56 Å². The zero-order chi connectivity index (χ0) is 16.7. The first-order valence-electron chi connectivity index (χ1n) is 9.79. The van der Waals surface area contributed by atoms with Crippen molar-refractivity contribution in [3.05, 3.63) is 35.4 Å². The lowest BCUT2D eigenvalue weighted by Gasteiger charge is -2.26. The Kier molecular flexibility index (Phi) is 7.62. The third-order valence-electron chi connectivity index (χ3n) is 5.62. The number of benzene rings is 1. The van der Waals surface area contributed by atoms with Crippen LogP contribution in [0.5, 0.6) is 0 Å². The highest BCUT2D eigenvalue weighted by atomic mass is 16.5. The highest BCUT2D eigenvalue weighted by Gasteiger charge is 2.20. The van der Waals surface area contributed by atoms with E-state index >= 15 is 0 Å². The summed E-state index contributed by atoms with van der Waals surface area (Å²) in [7, 11) is 0. The molecule has 0 aliphatic heterocycles. The fraction of sp³-hybridized carbons (Fsp3) is 0.727. The molecule has 1 nitrogen and oxygen atoms in total. The molecule has 2 unspecified atom stereocenters. The number of ether oxygens (including phenoxy) is 1. The average molecular weight is 317 g/mol. The summed E-state index contributed by atoms with van der Waals surface area (Å²) < 4.78 is 6.05. The maximum absolute atomic E-state index is 6.05. The third kappa shape index (κ3) is 5.64. The van der Waals surface area contributed by atoms with Crippen LogP contribution in [-0.2, 0) is 4.74 Å². The fourth-order valence-corrected chi connectivity index (χ4v) is 3.67. The molecule has 0 bridgehead atoms. The molecule has 130 valence electrons. The first-order valence-corrected chi connectivity index (χ1v) is 9.79. The van der Waals surface area contributed by atoms with Crippen LogP contribution < -0.4 is 0 Å². The predicted octanol–water partition coefficient (Wildman–Crippen LogP) is 6.54. The summed E-state index contributed by atoms with van der Waals surface area (Å²) in [5.41, 5.74) is 3.04. The van der Waals surface area contributed by atoms with Crippen molar-refractivity contribution < 1.29 is 4.74 Å². The molecule has 0 radical (unpaired) electrons. The molecular weight excluding hydrogens is 280 g/mol. The highest BCUT2D eigenvalue weighted by Crippen LogP contribution is 2.34. The molecule has 1 heteroatoms. The normalized spacial score (nSPS) is 19.0. The number of hydrogen-bond acceptors (Lipinski definition) is 1. The molecule has 0 N–H and O–H groups in total. The summed E-state index contributed by atoms with van der Waals surface area (Å²) in [4.78, 5) is 0. The van der Waals surface area contributed by atoms with Gasteiger partial charge in [-0.2, -0.15) is 0 Å². The average Bonchev–Trinajstić information content (AvgIpc) is 2.59. The van der Waals surface area contributed by atoms with Gasteiger partial charge in [0.1, 0.15) is 0 Å². The van der Waals surface area contributed by atoms with Crippen molar-refractivity contribution in [3.63, 3.8) is 0 Å². The van der Waals surface area contributed by atoms with Crippen LogP contribution in [0.2, 0.25) is 0 Å². The van der Waals surface area contributed by atoms with Crippen LogP contribution in [-0.4, -0.2) is 13.2 Å². The summed E-state index contributed by atoms with van der Waals surface area (Å²) in [6.45, 7) is 10.9. The Hall–Kier alpha value is -0.820. The van der Waals surface area contributed by atoms with Crippen molar-refractivity contribution in [3.8, 4) is 0 Å². The molecule has 1 aromatic rings. The SMILES string of the molecule is CCC(C)COCC(c1cccc(C2CCCCC2)c1)C(C)C. The van der Waals surface area contributed by atoms with Crippen LogP contribution in [0.15, 0.2) is 24.3 Å². The molecule has 0 spiro atoms. The van der Waals surface area contributed by atoms with E-state index in [4.69, 9.17) is 4.74 Å². The van der Waals surface area contributed by atoms with Gasteiger partial charge in [0.15, 0.2) is 0 Å². The fourth-order valence-electron chi connectivity index (χ4n) is 3.67. The topological polar surface area (TPSA) is 9.23 Å². The maximum atomic E-state index is 6.05. The minimum Gasteiger partial charge on any atom is -0.381 e. The zero-order valence-electron chi connectivity index (χ0n) is 15.7. The first kappa shape index (κ1) is 18.5. The van der Waals surface area contributed by atoms with Crippen LogP contribution >= 0.6 is 0 Å². The van der Waals surface area contributed by atoms with E-state index in [9.17, 15) is 0 Å². The summed E-state index contributed by atoms with van der Waals surface area (Å²) in [6.07, 6.45) is 8.18. The van der Waals surface area contributed by atoms with Gasteiger partial charge in [-0.3, -0.25) is 0 Å². The lowest BCUT2D eigenvalue weighted by atomic mass is 9.81. The second-order valence-electron chi connectivity index (χ2n) is 7.91. The van der Waals surface area contributed by atoms with E-state index in [-0.39, 0.29) is 0 Å². The Morgan fingerprint density at radius 2 is 1.78 bits per heavy atom. The molecule has 0 amide bonds. The number of hydrogen-bond donors (Lipinski definition) is 0. The van der Waals surface area contributed by atoms with Gasteiger partial charge in [0, 0.05) is 12.5 Å². The van der Waals surface area contributed by atoms with Crippen molar-refractivity contribution in [2.24, 2.45) is 11.8 Å². The van der Waals surface area contributed by atoms with Crippen molar-refractivity contribution in [1.29, 1.82) is 0 Å². The Bertz CT molecular complexity index is 445. The molecule has 0 saturated heterocycles. The molecule has 1 fully saturated rings. The van der Waals surface area contributed by atoms with Gasteiger partial charge in [-0.05, 0) is 41.7 Å². The number of rotatable bonds is 8. The molecule has 1 aliphatic rings. The monoisotopic (exact) mass is 316 g/mol. The minimum absolute atomic E-state index is 0.516. The molecule has 23 heavy (non-hydrogen) atoms. The molecule has 0 aromatic heterocycles.